The van der Waals surface area contributed by atoms with Crippen LogP contribution in [-0.4, -0.2) is 35.6 Å². The fourth-order valence-electron chi connectivity index (χ4n) is 3.66. The van der Waals surface area contributed by atoms with E-state index in [4.69, 9.17) is 0 Å². The van der Waals surface area contributed by atoms with Gasteiger partial charge in [0.05, 0.1) is 12.1 Å². The molecule has 0 saturated carbocycles. The summed E-state index contributed by atoms with van der Waals surface area (Å²) in [5.41, 5.74) is 2.17. The topological polar surface area (TPSA) is 66.5 Å². The summed E-state index contributed by atoms with van der Waals surface area (Å²) in [4.78, 5) is 37.5. The average Bonchev–Trinajstić information content (AvgIpc) is 3.22. The van der Waals surface area contributed by atoms with Crippen LogP contribution in [-0.2, 0) is 20.8 Å². The first-order chi connectivity index (χ1) is 13.7. The Labute approximate surface area is 165 Å². The molecule has 3 rings (SSSR count). The van der Waals surface area contributed by atoms with Gasteiger partial charge in [-0.3, -0.25) is 9.59 Å². The Morgan fingerprint density at radius 3 is 2.39 bits per heavy atom. The summed E-state index contributed by atoms with van der Waals surface area (Å²) in [6, 6.07) is 19.4. The molecule has 5 nitrogen and oxygen atoms in total. The van der Waals surface area contributed by atoms with E-state index in [1.165, 1.54) is 0 Å². The Morgan fingerprint density at radius 1 is 1.04 bits per heavy atom. The number of amides is 2. The molecule has 1 unspecified atom stereocenters. The zero-order valence-electron chi connectivity index (χ0n) is 15.9. The van der Waals surface area contributed by atoms with Gasteiger partial charge in [-0.2, -0.15) is 0 Å². The average molecular weight is 378 g/mol. The van der Waals surface area contributed by atoms with Gasteiger partial charge in [-0.05, 0) is 30.4 Å². The molecule has 146 valence electrons. The Kier molecular flexibility index (Phi) is 6.95. The van der Waals surface area contributed by atoms with E-state index in [1.54, 1.807) is 4.90 Å². The van der Waals surface area contributed by atoms with Crippen LogP contribution in [0, 0.1) is 0 Å². The van der Waals surface area contributed by atoms with Crippen LogP contribution in [0.2, 0.25) is 0 Å². The van der Waals surface area contributed by atoms with E-state index in [0.717, 1.165) is 23.8 Å². The minimum atomic E-state index is -0.328. The van der Waals surface area contributed by atoms with Gasteiger partial charge in [-0.25, -0.2) is 0 Å². The smallest absolute Gasteiger partial charge is 0.223 e. The molecule has 1 N–H and O–H groups in total. The van der Waals surface area contributed by atoms with Crippen LogP contribution < -0.4 is 5.32 Å². The minimum absolute atomic E-state index is 0.121. The highest BCUT2D eigenvalue weighted by Gasteiger charge is 2.28. The third-order valence-corrected chi connectivity index (χ3v) is 5.16. The largest absolute Gasteiger partial charge is 0.349 e. The molecule has 0 bridgehead atoms. The molecule has 2 atom stereocenters. The van der Waals surface area contributed by atoms with Crippen molar-refractivity contribution < 1.29 is 14.4 Å². The SMILES string of the molecule is O=C[C@@H]1CCCN1C(=O)CCC(=O)NC(Cc1ccccc1)c1ccccc1. The van der Waals surface area contributed by atoms with Crippen LogP contribution in [0.1, 0.15) is 42.9 Å². The summed E-state index contributed by atoms with van der Waals surface area (Å²) in [6.45, 7) is 0.602. The first kappa shape index (κ1) is 19.8. The standard InChI is InChI=1S/C23H26N2O3/c26-17-20-12-7-15-25(20)23(28)14-13-22(27)24-21(19-10-5-2-6-11-19)16-18-8-3-1-4-9-18/h1-6,8-11,17,20-21H,7,12-16H2,(H,24,27)/t20-,21?/m0/s1. The summed E-state index contributed by atoms with van der Waals surface area (Å²) in [6.07, 6.45) is 3.32. The number of carbonyl (C=O) groups excluding carboxylic acids is 3. The summed E-state index contributed by atoms with van der Waals surface area (Å²) >= 11 is 0. The first-order valence-corrected chi connectivity index (χ1v) is 9.80. The van der Waals surface area contributed by atoms with Gasteiger partial charge in [0.15, 0.2) is 0 Å². The van der Waals surface area contributed by atoms with E-state index in [2.05, 4.69) is 5.32 Å². The predicted molar refractivity (Wildman–Crippen MR) is 108 cm³/mol. The third-order valence-electron chi connectivity index (χ3n) is 5.16. The second-order valence-electron chi connectivity index (χ2n) is 7.15. The zero-order valence-corrected chi connectivity index (χ0v) is 15.9. The van der Waals surface area contributed by atoms with Crippen molar-refractivity contribution >= 4 is 18.1 Å². The highest BCUT2D eigenvalue weighted by atomic mass is 16.2. The Hall–Kier alpha value is -2.95. The van der Waals surface area contributed by atoms with Crippen LogP contribution in [0.15, 0.2) is 60.7 Å². The van der Waals surface area contributed by atoms with E-state index in [0.29, 0.717) is 19.4 Å². The fourth-order valence-corrected chi connectivity index (χ4v) is 3.66. The van der Waals surface area contributed by atoms with Gasteiger partial charge in [0.2, 0.25) is 11.8 Å². The van der Waals surface area contributed by atoms with Crippen molar-refractivity contribution in [2.45, 2.75) is 44.2 Å². The second-order valence-corrected chi connectivity index (χ2v) is 7.15. The number of nitrogens with zero attached hydrogens (tertiary/aromatic N) is 1. The maximum absolute atomic E-state index is 12.5. The molecule has 1 aliphatic rings. The first-order valence-electron chi connectivity index (χ1n) is 9.80. The Morgan fingerprint density at radius 2 is 1.71 bits per heavy atom. The van der Waals surface area contributed by atoms with E-state index < -0.39 is 0 Å². The molecule has 0 aliphatic carbocycles. The second kappa shape index (κ2) is 9.83. The Balaban J connectivity index is 1.59. The molecule has 1 aliphatic heterocycles. The van der Waals surface area contributed by atoms with E-state index in [1.807, 2.05) is 60.7 Å². The van der Waals surface area contributed by atoms with Crippen LogP contribution >= 0.6 is 0 Å². The summed E-state index contributed by atoms with van der Waals surface area (Å²) in [5, 5.41) is 3.07. The van der Waals surface area contributed by atoms with Crippen molar-refractivity contribution in [3.63, 3.8) is 0 Å². The maximum atomic E-state index is 12.5. The lowest BCUT2D eigenvalue weighted by molar-refractivity contribution is -0.136. The summed E-state index contributed by atoms with van der Waals surface area (Å²) in [5.74, 6) is -0.274. The van der Waals surface area contributed by atoms with Crippen molar-refractivity contribution in [1.82, 2.24) is 10.2 Å². The zero-order chi connectivity index (χ0) is 19.8. The molecule has 5 heteroatoms. The van der Waals surface area contributed by atoms with Crippen LogP contribution in [0.4, 0.5) is 0 Å². The van der Waals surface area contributed by atoms with Gasteiger partial charge < -0.3 is 15.0 Å². The molecule has 1 saturated heterocycles. The number of likely N-dealkylation sites (tertiary alicyclic amines) is 1. The Bertz CT molecular complexity index is 792. The lowest BCUT2D eigenvalue weighted by atomic mass is 9.98. The molecule has 2 aromatic rings. The fraction of sp³-hybridized carbons (Fsp3) is 0.348. The van der Waals surface area contributed by atoms with Gasteiger partial charge in [-0.1, -0.05) is 60.7 Å². The quantitative estimate of drug-likeness (QED) is 0.718. The molecular weight excluding hydrogens is 352 g/mol. The lowest BCUT2D eigenvalue weighted by Crippen LogP contribution is -2.37. The van der Waals surface area contributed by atoms with Crippen molar-refractivity contribution in [1.29, 1.82) is 0 Å². The van der Waals surface area contributed by atoms with E-state index in [9.17, 15) is 14.4 Å². The molecule has 0 spiro atoms. The minimum Gasteiger partial charge on any atom is -0.349 e. The highest BCUT2D eigenvalue weighted by Crippen LogP contribution is 2.20. The number of carbonyl (C=O) groups is 3. The molecule has 1 fully saturated rings. The molecule has 2 amide bonds. The molecule has 0 aromatic heterocycles. The number of nitrogens with one attached hydrogen (secondary N) is 1. The predicted octanol–water partition coefficient (Wildman–Crippen LogP) is 3.06. The molecular formula is C23H26N2O3. The third kappa shape index (κ3) is 5.28. The normalized spacial score (nSPS) is 17.1. The summed E-state index contributed by atoms with van der Waals surface area (Å²) in [7, 11) is 0. The van der Waals surface area contributed by atoms with Crippen LogP contribution in [0.25, 0.3) is 0 Å². The van der Waals surface area contributed by atoms with E-state index in [-0.39, 0.29) is 36.7 Å². The highest BCUT2D eigenvalue weighted by molar-refractivity contribution is 5.85. The van der Waals surface area contributed by atoms with Gasteiger partial charge in [0.1, 0.15) is 6.29 Å². The van der Waals surface area contributed by atoms with Crippen molar-refractivity contribution in [3.8, 4) is 0 Å². The van der Waals surface area contributed by atoms with Gasteiger partial charge >= 0.3 is 0 Å². The summed E-state index contributed by atoms with van der Waals surface area (Å²) < 4.78 is 0. The number of hydrogen-bond donors (Lipinski definition) is 1. The molecule has 1 heterocycles. The van der Waals surface area contributed by atoms with Crippen molar-refractivity contribution in [3.05, 3.63) is 71.8 Å². The van der Waals surface area contributed by atoms with Crippen molar-refractivity contribution in [2.24, 2.45) is 0 Å². The number of hydrogen-bond acceptors (Lipinski definition) is 3. The molecule has 2 aromatic carbocycles. The molecule has 0 radical (unpaired) electrons. The number of benzene rings is 2. The maximum Gasteiger partial charge on any atom is 0.223 e. The van der Waals surface area contributed by atoms with Crippen LogP contribution in [0.5, 0.6) is 0 Å². The molecule has 28 heavy (non-hydrogen) atoms. The van der Waals surface area contributed by atoms with Gasteiger partial charge in [-0.15, -0.1) is 0 Å². The van der Waals surface area contributed by atoms with Crippen molar-refractivity contribution in [2.75, 3.05) is 6.54 Å². The monoisotopic (exact) mass is 378 g/mol. The number of aldehydes is 1. The van der Waals surface area contributed by atoms with Gasteiger partial charge in [0, 0.05) is 19.4 Å². The number of rotatable bonds is 8. The lowest BCUT2D eigenvalue weighted by Gasteiger charge is -2.22. The van der Waals surface area contributed by atoms with E-state index >= 15 is 0 Å². The van der Waals surface area contributed by atoms with Crippen LogP contribution in [0.3, 0.4) is 0 Å². The van der Waals surface area contributed by atoms with Gasteiger partial charge in [0.25, 0.3) is 0 Å².